The van der Waals surface area contributed by atoms with Gasteiger partial charge in [-0.15, -0.1) is 0 Å². The van der Waals surface area contributed by atoms with E-state index in [2.05, 4.69) is 5.32 Å². The van der Waals surface area contributed by atoms with E-state index in [4.69, 9.17) is 14.2 Å². The van der Waals surface area contributed by atoms with Crippen molar-refractivity contribution in [2.75, 3.05) is 20.8 Å². The molecule has 0 saturated carbocycles. The number of ether oxygens (including phenoxy) is 3. The number of esters is 1. The van der Waals surface area contributed by atoms with Gasteiger partial charge in [0.2, 0.25) is 0 Å². The molecule has 0 saturated heterocycles. The minimum Gasteiger partial charge on any atom is -0.497 e. The molecule has 0 aromatic heterocycles. The maximum Gasteiger partial charge on any atom is 0.328 e. The molecular formula is C17H23NO6. The molecular weight excluding hydrogens is 314 g/mol. The van der Waals surface area contributed by atoms with Gasteiger partial charge in [-0.05, 0) is 24.1 Å². The highest BCUT2D eigenvalue weighted by atomic mass is 16.5. The summed E-state index contributed by atoms with van der Waals surface area (Å²) in [6.07, 6.45) is 1.32. The Labute approximate surface area is 141 Å². The average Bonchev–Trinajstić information content (AvgIpc) is 2.62. The van der Waals surface area contributed by atoms with Crippen molar-refractivity contribution in [2.24, 2.45) is 5.92 Å². The van der Waals surface area contributed by atoms with Crippen molar-refractivity contribution in [3.05, 3.63) is 23.8 Å². The maximum atomic E-state index is 12.0. The first-order valence-electron chi connectivity index (χ1n) is 7.60. The molecule has 7 nitrogen and oxygen atoms in total. The number of hydrogen-bond acceptors (Lipinski definition) is 6. The Morgan fingerprint density at radius 2 is 2.00 bits per heavy atom. The normalized spacial score (nSPS) is 12.7. The van der Waals surface area contributed by atoms with Gasteiger partial charge >= 0.3 is 5.97 Å². The van der Waals surface area contributed by atoms with Gasteiger partial charge in [-0.25, -0.2) is 4.79 Å². The molecule has 0 heterocycles. The summed E-state index contributed by atoms with van der Waals surface area (Å²) in [7, 11) is 2.76. The van der Waals surface area contributed by atoms with Crippen LogP contribution >= 0.6 is 0 Å². The van der Waals surface area contributed by atoms with E-state index in [-0.39, 0.29) is 23.8 Å². The van der Waals surface area contributed by atoms with Crippen molar-refractivity contribution in [1.29, 1.82) is 0 Å². The van der Waals surface area contributed by atoms with Gasteiger partial charge in [-0.1, -0.05) is 20.3 Å². The van der Waals surface area contributed by atoms with E-state index < -0.39 is 17.9 Å². The van der Waals surface area contributed by atoms with Gasteiger partial charge in [-0.3, -0.25) is 9.59 Å². The molecule has 1 rings (SSSR count). The Balaban J connectivity index is 2.71. The van der Waals surface area contributed by atoms with Gasteiger partial charge in [0, 0.05) is 0 Å². The number of nitrogens with one attached hydrogen (secondary N) is 1. The van der Waals surface area contributed by atoms with Crippen molar-refractivity contribution in [2.45, 2.75) is 26.3 Å². The zero-order chi connectivity index (χ0) is 18.1. The predicted molar refractivity (Wildman–Crippen MR) is 87.3 cm³/mol. The Kier molecular flexibility index (Phi) is 7.74. The molecule has 1 aromatic rings. The molecule has 132 valence electrons. The second kappa shape index (κ2) is 9.54. The fraction of sp³-hybridized carbons (Fsp3) is 0.471. The summed E-state index contributed by atoms with van der Waals surface area (Å²) in [5.74, 6) is -0.280. The summed E-state index contributed by atoms with van der Waals surface area (Å²) in [4.78, 5) is 34.9. The number of benzene rings is 1. The van der Waals surface area contributed by atoms with Gasteiger partial charge in [-0.2, -0.15) is 0 Å². The molecule has 1 aromatic carbocycles. The minimum absolute atomic E-state index is 0.0760. The van der Waals surface area contributed by atoms with E-state index in [1.807, 2.05) is 13.8 Å². The first kappa shape index (κ1) is 19.5. The van der Waals surface area contributed by atoms with Crippen LogP contribution in [0.25, 0.3) is 0 Å². The van der Waals surface area contributed by atoms with Crippen LogP contribution < -0.4 is 14.8 Å². The Bertz CT molecular complexity index is 586. The summed E-state index contributed by atoms with van der Waals surface area (Å²) in [5.41, 5.74) is 0.272. The number of methoxy groups -OCH3 is 2. The van der Waals surface area contributed by atoms with Gasteiger partial charge in [0.05, 0.1) is 19.8 Å². The monoisotopic (exact) mass is 337 g/mol. The molecule has 24 heavy (non-hydrogen) atoms. The molecule has 0 aliphatic rings. The molecule has 1 N–H and O–H groups in total. The van der Waals surface area contributed by atoms with E-state index in [1.165, 1.54) is 20.3 Å². The second-order valence-corrected chi connectivity index (χ2v) is 5.26. The number of aldehydes is 1. The summed E-state index contributed by atoms with van der Waals surface area (Å²) >= 11 is 0. The number of rotatable bonds is 9. The fourth-order valence-electron chi connectivity index (χ4n) is 2.03. The van der Waals surface area contributed by atoms with E-state index in [0.717, 1.165) is 0 Å². The SMILES string of the molecule is CC[C@@H](C)[C@@H](NC(=O)COc1ccc(OC)cc1C=O)C(=O)OC. The van der Waals surface area contributed by atoms with Gasteiger partial charge in [0.1, 0.15) is 17.5 Å². The lowest BCUT2D eigenvalue weighted by atomic mass is 9.99. The number of hydrogen-bond donors (Lipinski definition) is 1. The van der Waals surface area contributed by atoms with Crippen LogP contribution in [0, 0.1) is 5.92 Å². The third kappa shape index (κ3) is 5.26. The summed E-state index contributed by atoms with van der Waals surface area (Å²) in [6, 6.07) is 3.94. The highest BCUT2D eigenvalue weighted by Gasteiger charge is 2.26. The Morgan fingerprint density at radius 1 is 1.29 bits per heavy atom. The van der Waals surface area contributed by atoms with Crippen molar-refractivity contribution >= 4 is 18.2 Å². The molecule has 0 unspecified atom stereocenters. The minimum atomic E-state index is -0.738. The smallest absolute Gasteiger partial charge is 0.328 e. The van der Waals surface area contributed by atoms with Crippen LogP contribution in [0.4, 0.5) is 0 Å². The Hall–Kier alpha value is -2.57. The standard InChI is InChI=1S/C17H23NO6/c1-5-11(2)16(17(21)23-4)18-15(20)10-24-14-7-6-13(22-3)8-12(14)9-19/h6-9,11,16H,5,10H2,1-4H3,(H,18,20)/t11-,16-/m1/s1. The third-order valence-corrected chi connectivity index (χ3v) is 3.69. The molecule has 2 atom stereocenters. The summed E-state index contributed by atoms with van der Waals surface area (Å²) < 4.78 is 15.1. The lowest BCUT2D eigenvalue weighted by Crippen LogP contribution is -2.47. The topological polar surface area (TPSA) is 90.9 Å². The van der Waals surface area contributed by atoms with Crippen LogP contribution in [-0.2, 0) is 14.3 Å². The van der Waals surface area contributed by atoms with Crippen LogP contribution in [0.5, 0.6) is 11.5 Å². The van der Waals surface area contributed by atoms with Gasteiger partial charge in [0.25, 0.3) is 5.91 Å². The predicted octanol–water partition coefficient (Wildman–Crippen LogP) is 1.59. The molecule has 0 fully saturated rings. The molecule has 1 amide bonds. The second-order valence-electron chi connectivity index (χ2n) is 5.26. The van der Waals surface area contributed by atoms with E-state index in [0.29, 0.717) is 18.5 Å². The molecule has 0 bridgehead atoms. The van der Waals surface area contributed by atoms with Crippen LogP contribution in [-0.4, -0.2) is 45.0 Å². The van der Waals surface area contributed by atoms with Crippen molar-refractivity contribution in [1.82, 2.24) is 5.32 Å². The fourth-order valence-corrected chi connectivity index (χ4v) is 2.03. The van der Waals surface area contributed by atoms with Crippen molar-refractivity contribution in [3.63, 3.8) is 0 Å². The summed E-state index contributed by atoms with van der Waals surface area (Å²) in [6.45, 7) is 3.44. The lowest BCUT2D eigenvalue weighted by Gasteiger charge is -2.21. The van der Waals surface area contributed by atoms with E-state index in [9.17, 15) is 14.4 Å². The quantitative estimate of drug-likeness (QED) is 0.543. The largest absolute Gasteiger partial charge is 0.497 e. The molecule has 0 aliphatic carbocycles. The average molecular weight is 337 g/mol. The molecule has 7 heteroatoms. The zero-order valence-corrected chi connectivity index (χ0v) is 14.3. The zero-order valence-electron chi connectivity index (χ0n) is 14.3. The number of carbonyl (C=O) groups excluding carboxylic acids is 3. The van der Waals surface area contributed by atoms with E-state index in [1.54, 1.807) is 12.1 Å². The Morgan fingerprint density at radius 3 is 2.54 bits per heavy atom. The highest BCUT2D eigenvalue weighted by Crippen LogP contribution is 2.22. The van der Waals surface area contributed by atoms with Crippen molar-refractivity contribution < 1.29 is 28.6 Å². The number of carbonyl (C=O) groups is 3. The van der Waals surface area contributed by atoms with Crippen LogP contribution in [0.3, 0.4) is 0 Å². The van der Waals surface area contributed by atoms with Crippen molar-refractivity contribution in [3.8, 4) is 11.5 Å². The third-order valence-electron chi connectivity index (χ3n) is 3.69. The van der Waals surface area contributed by atoms with Gasteiger partial charge < -0.3 is 19.5 Å². The molecule has 0 radical (unpaired) electrons. The van der Waals surface area contributed by atoms with Crippen LogP contribution in [0.2, 0.25) is 0 Å². The highest BCUT2D eigenvalue weighted by molar-refractivity contribution is 5.86. The van der Waals surface area contributed by atoms with E-state index >= 15 is 0 Å². The summed E-state index contributed by atoms with van der Waals surface area (Å²) in [5, 5.41) is 2.60. The first-order valence-corrected chi connectivity index (χ1v) is 7.60. The molecule has 0 spiro atoms. The van der Waals surface area contributed by atoms with Crippen LogP contribution in [0.1, 0.15) is 30.6 Å². The van der Waals surface area contributed by atoms with Gasteiger partial charge in [0.15, 0.2) is 12.9 Å². The first-order chi connectivity index (χ1) is 11.5. The number of amides is 1. The maximum absolute atomic E-state index is 12.0. The lowest BCUT2D eigenvalue weighted by molar-refractivity contribution is -0.146. The molecule has 0 aliphatic heterocycles. The van der Waals surface area contributed by atoms with Crippen LogP contribution in [0.15, 0.2) is 18.2 Å².